The molecule has 0 rings (SSSR count). The van der Waals surface area contributed by atoms with E-state index >= 15 is 0 Å². The maximum absolute atomic E-state index is 9.87. The Morgan fingerprint density at radius 3 is 2.47 bits per heavy atom. The van der Waals surface area contributed by atoms with Crippen molar-refractivity contribution in [1.82, 2.24) is 0 Å². The van der Waals surface area contributed by atoms with E-state index in [0.717, 1.165) is 12.8 Å². The van der Waals surface area contributed by atoms with Crippen LogP contribution in [0, 0.1) is 0 Å². The minimum absolute atomic E-state index is 0.414. The molecule has 0 aliphatic heterocycles. The Balaban J connectivity index is 4.11. The molecule has 0 fully saturated rings. The molecule has 0 bridgehead atoms. The first-order valence-electron chi connectivity index (χ1n) is 5.45. The van der Waals surface area contributed by atoms with Crippen molar-refractivity contribution >= 4 is 0 Å². The van der Waals surface area contributed by atoms with Crippen LogP contribution in [0.3, 0.4) is 0 Å². The van der Waals surface area contributed by atoms with Crippen LogP contribution in [-0.4, -0.2) is 34.5 Å². The molecule has 90 valence electrons. The maximum atomic E-state index is 9.87. The molecule has 0 radical (unpaired) electrons. The van der Waals surface area contributed by atoms with E-state index in [2.05, 4.69) is 0 Å². The normalized spacial score (nSPS) is 20.1. The largest absolute Gasteiger partial charge is 0.388 e. The van der Waals surface area contributed by atoms with Gasteiger partial charge in [-0.3, -0.25) is 0 Å². The Bertz CT molecular complexity index is 193. The first kappa shape index (κ1) is 14.6. The highest BCUT2D eigenvalue weighted by atomic mass is 16.3. The van der Waals surface area contributed by atoms with E-state index in [0.29, 0.717) is 13.0 Å². The summed E-state index contributed by atoms with van der Waals surface area (Å²) in [5, 5.41) is 19.7. The summed E-state index contributed by atoms with van der Waals surface area (Å²) in [4.78, 5) is 0. The van der Waals surface area contributed by atoms with Crippen molar-refractivity contribution in [1.29, 1.82) is 0 Å². The highest BCUT2D eigenvalue weighted by Gasteiger charge is 2.31. The van der Waals surface area contributed by atoms with Crippen LogP contribution in [0.25, 0.3) is 0 Å². The van der Waals surface area contributed by atoms with E-state index in [1.54, 1.807) is 26.0 Å². The summed E-state index contributed by atoms with van der Waals surface area (Å²) in [6, 6.07) is -0.414. The second kappa shape index (κ2) is 6.95. The topological polar surface area (TPSA) is 92.5 Å². The maximum Gasteiger partial charge on any atom is 0.107 e. The Kier molecular flexibility index (Phi) is 6.76. The fourth-order valence-corrected chi connectivity index (χ4v) is 1.55. The lowest BCUT2D eigenvalue weighted by Crippen LogP contribution is -2.49. The zero-order valence-corrected chi connectivity index (χ0v) is 9.69. The summed E-state index contributed by atoms with van der Waals surface area (Å²) in [6.45, 7) is 3.98. The van der Waals surface area contributed by atoms with Gasteiger partial charge >= 0.3 is 0 Å². The number of rotatable bonds is 7. The van der Waals surface area contributed by atoms with Crippen LogP contribution in [-0.2, 0) is 0 Å². The molecule has 15 heavy (non-hydrogen) atoms. The van der Waals surface area contributed by atoms with E-state index < -0.39 is 17.7 Å². The summed E-state index contributed by atoms with van der Waals surface area (Å²) in [7, 11) is 0. The number of hydrogen-bond donors (Lipinski definition) is 4. The number of unbranched alkanes of at least 4 members (excludes halogenated alkanes) is 1. The van der Waals surface area contributed by atoms with Crippen molar-refractivity contribution in [2.24, 2.45) is 11.5 Å². The zero-order chi connectivity index (χ0) is 11.9. The lowest BCUT2D eigenvalue weighted by atomic mass is 9.90. The molecule has 0 aliphatic rings. The monoisotopic (exact) mass is 216 g/mol. The molecule has 0 amide bonds. The molecule has 0 aromatic heterocycles. The Hall–Kier alpha value is -0.420. The average molecular weight is 216 g/mol. The molecule has 0 heterocycles. The number of hydrogen-bond acceptors (Lipinski definition) is 4. The predicted octanol–water partition coefficient (Wildman–Crippen LogP) is 0.131. The van der Waals surface area contributed by atoms with Crippen molar-refractivity contribution < 1.29 is 10.2 Å². The van der Waals surface area contributed by atoms with Crippen LogP contribution >= 0.6 is 0 Å². The fraction of sp³-hybridized carbons (Fsp3) is 0.818. The summed E-state index contributed by atoms with van der Waals surface area (Å²) in [6.07, 6.45) is 4.77. The van der Waals surface area contributed by atoms with Crippen molar-refractivity contribution in [2.75, 3.05) is 6.54 Å². The van der Waals surface area contributed by atoms with Gasteiger partial charge in [0.05, 0.1) is 0 Å². The van der Waals surface area contributed by atoms with E-state index in [9.17, 15) is 10.2 Å². The lowest BCUT2D eigenvalue weighted by molar-refractivity contribution is -0.0404. The van der Waals surface area contributed by atoms with Gasteiger partial charge in [-0.05, 0) is 33.2 Å². The number of aliphatic hydroxyl groups excluding tert-OH is 1. The third kappa shape index (κ3) is 5.28. The molecule has 0 saturated carbocycles. The molecule has 0 spiro atoms. The number of allylic oxidation sites excluding steroid dienone is 1. The number of nitrogens with two attached hydrogens (primary N) is 2. The van der Waals surface area contributed by atoms with Gasteiger partial charge in [0, 0.05) is 6.04 Å². The molecule has 4 nitrogen and oxygen atoms in total. The van der Waals surface area contributed by atoms with E-state index in [1.807, 2.05) is 0 Å². The van der Waals surface area contributed by atoms with Gasteiger partial charge < -0.3 is 21.7 Å². The standard InChI is InChI=1S/C11H24N2O2/c1-3-7-11(2,15)10(14)9(13)6-4-5-8-12/h3,7,9-10,14-15H,4-6,8,12-13H2,1-2H3. The smallest absolute Gasteiger partial charge is 0.107 e. The van der Waals surface area contributed by atoms with Gasteiger partial charge in [-0.25, -0.2) is 0 Å². The van der Waals surface area contributed by atoms with Gasteiger partial charge in [-0.1, -0.05) is 18.6 Å². The van der Waals surface area contributed by atoms with E-state index in [1.165, 1.54) is 0 Å². The van der Waals surface area contributed by atoms with Gasteiger partial charge in [-0.2, -0.15) is 0 Å². The molecular formula is C11H24N2O2. The summed E-state index contributed by atoms with van der Waals surface area (Å²) in [5.74, 6) is 0. The molecule has 0 aromatic rings. The van der Waals surface area contributed by atoms with Gasteiger partial charge in [0.2, 0.25) is 0 Å². The van der Waals surface area contributed by atoms with Crippen molar-refractivity contribution in [3.8, 4) is 0 Å². The lowest BCUT2D eigenvalue weighted by Gasteiger charge is -2.30. The summed E-state index contributed by atoms with van der Waals surface area (Å²) >= 11 is 0. The summed E-state index contributed by atoms with van der Waals surface area (Å²) in [5.41, 5.74) is 9.90. The average Bonchev–Trinajstić information content (AvgIpc) is 2.16. The van der Waals surface area contributed by atoms with Gasteiger partial charge in [0.1, 0.15) is 11.7 Å². The van der Waals surface area contributed by atoms with Crippen LogP contribution < -0.4 is 11.5 Å². The zero-order valence-electron chi connectivity index (χ0n) is 9.69. The predicted molar refractivity (Wildman–Crippen MR) is 62.3 cm³/mol. The van der Waals surface area contributed by atoms with Gasteiger partial charge in [0.15, 0.2) is 0 Å². The molecule has 0 saturated heterocycles. The van der Waals surface area contributed by atoms with Crippen LogP contribution in [0.15, 0.2) is 12.2 Å². The molecule has 3 atom stereocenters. The Labute approximate surface area is 92.0 Å². The molecule has 3 unspecified atom stereocenters. The van der Waals surface area contributed by atoms with Gasteiger partial charge in [0.25, 0.3) is 0 Å². The van der Waals surface area contributed by atoms with Crippen LogP contribution in [0.1, 0.15) is 33.1 Å². The van der Waals surface area contributed by atoms with E-state index in [-0.39, 0.29) is 0 Å². The number of aliphatic hydroxyl groups is 2. The van der Waals surface area contributed by atoms with Crippen LogP contribution in [0.2, 0.25) is 0 Å². The first-order valence-corrected chi connectivity index (χ1v) is 5.45. The minimum atomic E-state index is -1.25. The van der Waals surface area contributed by atoms with E-state index in [4.69, 9.17) is 11.5 Å². The second-order valence-electron chi connectivity index (χ2n) is 4.12. The first-order chi connectivity index (χ1) is 6.95. The fourth-order valence-electron chi connectivity index (χ4n) is 1.55. The quantitative estimate of drug-likeness (QED) is 0.359. The SMILES string of the molecule is CC=CC(C)(O)C(O)C(N)CCCCN. The Morgan fingerprint density at radius 2 is 2.00 bits per heavy atom. The van der Waals surface area contributed by atoms with Crippen molar-refractivity contribution in [3.05, 3.63) is 12.2 Å². The third-order valence-electron chi connectivity index (χ3n) is 2.50. The summed E-state index contributed by atoms with van der Waals surface area (Å²) < 4.78 is 0. The minimum Gasteiger partial charge on any atom is -0.388 e. The van der Waals surface area contributed by atoms with Crippen molar-refractivity contribution in [3.63, 3.8) is 0 Å². The van der Waals surface area contributed by atoms with Gasteiger partial charge in [-0.15, -0.1) is 0 Å². The highest BCUT2D eigenvalue weighted by molar-refractivity contribution is 5.04. The molecular weight excluding hydrogens is 192 g/mol. The molecule has 0 aromatic carbocycles. The molecule has 0 aliphatic carbocycles. The molecule has 6 N–H and O–H groups in total. The van der Waals surface area contributed by atoms with Crippen LogP contribution in [0.4, 0.5) is 0 Å². The second-order valence-corrected chi connectivity index (χ2v) is 4.12. The Morgan fingerprint density at radius 1 is 1.40 bits per heavy atom. The van der Waals surface area contributed by atoms with Crippen molar-refractivity contribution in [2.45, 2.75) is 50.9 Å². The highest BCUT2D eigenvalue weighted by Crippen LogP contribution is 2.17. The van der Waals surface area contributed by atoms with Crippen LogP contribution in [0.5, 0.6) is 0 Å². The third-order valence-corrected chi connectivity index (χ3v) is 2.50. The molecule has 4 heteroatoms.